The van der Waals surface area contributed by atoms with E-state index in [0.717, 1.165) is 35.8 Å². The van der Waals surface area contributed by atoms with Crippen molar-refractivity contribution in [1.29, 1.82) is 0 Å². The van der Waals surface area contributed by atoms with Crippen LogP contribution in [0.2, 0.25) is 0 Å². The number of carboxylic acids is 1. The van der Waals surface area contributed by atoms with Crippen LogP contribution in [0.3, 0.4) is 0 Å². The Bertz CT molecular complexity index is 977. The Labute approximate surface area is 162 Å². The molecule has 150 valence electrons. The molecule has 3 rings (SSSR count). The van der Waals surface area contributed by atoms with Crippen LogP contribution in [0, 0.1) is 12.8 Å². The minimum absolute atomic E-state index is 0.194. The zero-order chi connectivity index (χ0) is 20.4. The number of amides is 1. The number of hydrogen-bond donors (Lipinski definition) is 2. The normalized spacial score (nSPS) is 15.1. The Morgan fingerprint density at radius 2 is 2.00 bits per heavy atom. The highest BCUT2D eigenvalue weighted by Gasteiger charge is 2.26. The summed E-state index contributed by atoms with van der Waals surface area (Å²) in [4.78, 5) is 35.7. The maximum Gasteiger partial charge on any atom is 0.339 e. The number of fused-ring (bicyclic) bond motifs is 3. The molecular formula is C21H25NO6. The number of hydrogen-bond acceptors (Lipinski definition) is 5. The lowest BCUT2D eigenvalue weighted by atomic mass is 9.99. The first-order valence-corrected chi connectivity index (χ1v) is 9.56. The Balaban J connectivity index is 1.77. The zero-order valence-corrected chi connectivity index (χ0v) is 16.3. The van der Waals surface area contributed by atoms with E-state index in [0.29, 0.717) is 23.3 Å². The summed E-state index contributed by atoms with van der Waals surface area (Å²) in [5.41, 5.74) is 2.61. The first-order chi connectivity index (χ1) is 13.3. The maximum absolute atomic E-state index is 12.2. The lowest BCUT2D eigenvalue weighted by Crippen LogP contribution is -2.46. The smallest absolute Gasteiger partial charge is 0.339 e. The average Bonchev–Trinajstić information content (AvgIpc) is 3.16. The van der Waals surface area contributed by atoms with Gasteiger partial charge in [-0.25, -0.2) is 9.59 Å². The number of carbonyl (C=O) groups excluding carboxylic acids is 1. The van der Waals surface area contributed by atoms with Gasteiger partial charge in [-0.1, -0.05) is 20.3 Å². The van der Waals surface area contributed by atoms with Crippen LogP contribution >= 0.6 is 0 Å². The molecule has 0 bridgehead atoms. The highest BCUT2D eigenvalue weighted by atomic mass is 16.5. The van der Waals surface area contributed by atoms with Gasteiger partial charge in [0.05, 0.1) is 0 Å². The summed E-state index contributed by atoms with van der Waals surface area (Å²) in [7, 11) is 0. The minimum Gasteiger partial charge on any atom is -0.483 e. The lowest BCUT2D eigenvalue weighted by molar-refractivity contribution is -0.143. The van der Waals surface area contributed by atoms with E-state index in [1.54, 1.807) is 19.9 Å². The molecule has 1 aliphatic rings. The molecule has 7 heteroatoms. The summed E-state index contributed by atoms with van der Waals surface area (Å²) in [6.45, 7) is 5.10. The first kappa shape index (κ1) is 19.9. The van der Waals surface area contributed by atoms with E-state index in [9.17, 15) is 19.5 Å². The van der Waals surface area contributed by atoms with Gasteiger partial charge in [-0.3, -0.25) is 4.79 Å². The Morgan fingerprint density at radius 1 is 1.29 bits per heavy atom. The van der Waals surface area contributed by atoms with Gasteiger partial charge in [0.2, 0.25) is 0 Å². The van der Waals surface area contributed by atoms with Crippen molar-refractivity contribution in [2.45, 2.75) is 52.5 Å². The van der Waals surface area contributed by atoms with Crippen LogP contribution in [0.1, 0.15) is 43.4 Å². The van der Waals surface area contributed by atoms with Gasteiger partial charge in [0.1, 0.15) is 17.4 Å². The van der Waals surface area contributed by atoms with Gasteiger partial charge in [-0.05, 0) is 49.8 Å². The van der Waals surface area contributed by atoms with E-state index < -0.39 is 17.9 Å². The fourth-order valence-electron chi connectivity index (χ4n) is 3.66. The molecule has 0 radical (unpaired) electrons. The molecule has 1 heterocycles. The predicted molar refractivity (Wildman–Crippen MR) is 104 cm³/mol. The van der Waals surface area contributed by atoms with E-state index >= 15 is 0 Å². The second kappa shape index (κ2) is 8.04. The number of nitrogens with one attached hydrogen (secondary N) is 1. The van der Waals surface area contributed by atoms with Crippen molar-refractivity contribution in [2.24, 2.45) is 5.92 Å². The van der Waals surface area contributed by atoms with Gasteiger partial charge in [0, 0.05) is 16.5 Å². The van der Waals surface area contributed by atoms with Gasteiger partial charge in [0.15, 0.2) is 6.61 Å². The van der Waals surface area contributed by atoms with Crippen LogP contribution in [0.25, 0.3) is 11.0 Å². The van der Waals surface area contributed by atoms with Crippen molar-refractivity contribution >= 4 is 22.8 Å². The molecule has 2 unspecified atom stereocenters. The summed E-state index contributed by atoms with van der Waals surface area (Å²) in [6, 6.07) is 2.65. The van der Waals surface area contributed by atoms with Crippen molar-refractivity contribution in [3.8, 4) is 5.75 Å². The molecule has 1 amide bonds. The number of rotatable bonds is 7. The van der Waals surface area contributed by atoms with E-state index in [4.69, 9.17) is 9.15 Å². The highest BCUT2D eigenvalue weighted by molar-refractivity contribution is 5.87. The monoisotopic (exact) mass is 387 g/mol. The Kier molecular flexibility index (Phi) is 5.72. The summed E-state index contributed by atoms with van der Waals surface area (Å²) in [5.74, 6) is -1.35. The molecule has 1 aliphatic carbocycles. The van der Waals surface area contributed by atoms with Crippen molar-refractivity contribution < 1.29 is 23.8 Å². The Morgan fingerprint density at radius 3 is 2.68 bits per heavy atom. The van der Waals surface area contributed by atoms with E-state index in [1.807, 2.05) is 13.0 Å². The number of carboxylic acid groups (broad SMARTS) is 1. The third-order valence-electron chi connectivity index (χ3n) is 5.49. The van der Waals surface area contributed by atoms with Crippen LogP contribution in [0.5, 0.6) is 5.75 Å². The quantitative estimate of drug-likeness (QED) is 0.708. The highest BCUT2D eigenvalue weighted by Crippen LogP contribution is 2.32. The van der Waals surface area contributed by atoms with E-state index in [2.05, 4.69) is 5.32 Å². The van der Waals surface area contributed by atoms with Crippen molar-refractivity contribution in [3.05, 3.63) is 39.2 Å². The van der Waals surface area contributed by atoms with Crippen LogP contribution in [0.15, 0.2) is 21.3 Å². The second-order valence-electron chi connectivity index (χ2n) is 7.32. The van der Waals surface area contributed by atoms with Crippen LogP contribution in [-0.4, -0.2) is 29.6 Å². The van der Waals surface area contributed by atoms with E-state index in [-0.39, 0.29) is 18.2 Å². The van der Waals surface area contributed by atoms with Crippen LogP contribution in [0.4, 0.5) is 0 Å². The molecule has 7 nitrogen and oxygen atoms in total. The molecule has 2 N–H and O–H groups in total. The number of aliphatic carboxylic acids is 1. The average molecular weight is 387 g/mol. The molecule has 0 aliphatic heterocycles. The van der Waals surface area contributed by atoms with Gasteiger partial charge in [-0.15, -0.1) is 0 Å². The number of benzene rings is 1. The van der Waals surface area contributed by atoms with Crippen molar-refractivity contribution in [1.82, 2.24) is 5.32 Å². The summed E-state index contributed by atoms with van der Waals surface area (Å²) >= 11 is 0. The SMILES string of the molecule is CCC(C)C(NC(=O)COc1ccc2c3c(c(=O)oc2c1C)CCC3)C(=O)O. The van der Waals surface area contributed by atoms with Crippen molar-refractivity contribution in [2.75, 3.05) is 6.61 Å². The van der Waals surface area contributed by atoms with Gasteiger partial charge in [-0.2, -0.15) is 0 Å². The molecular weight excluding hydrogens is 362 g/mol. The zero-order valence-electron chi connectivity index (χ0n) is 16.3. The molecule has 2 atom stereocenters. The van der Waals surface area contributed by atoms with E-state index in [1.165, 1.54) is 0 Å². The summed E-state index contributed by atoms with van der Waals surface area (Å²) in [6.07, 6.45) is 3.17. The summed E-state index contributed by atoms with van der Waals surface area (Å²) < 4.78 is 11.1. The number of aryl methyl sites for hydroxylation is 2. The predicted octanol–water partition coefficient (Wildman–Crippen LogP) is 2.58. The molecule has 0 spiro atoms. The lowest BCUT2D eigenvalue weighted by Gasteiger charge is -2.20. The van der Waals surface area contributed by atoms with Gasteiger partial charge < -0.3 is 19.6 Å². The molecule has 1 aromatic heterocycles. The standard InChI is InChI=1S/C21H25NO6/c1-4-11(2)18(20(24)25)22-17(23)10-27-16-9-8-14-13-6-5-7-15(13)21(26)28-19(14)12(16)3/h8-9,11,18H,4-7,10H2,1-3H3,(H,22,23)(H,24,25). The third kappa shape index (κ3) is 3.74. The summed E-state index contributed by atoms with van der Waals surface area (Å²) in [5, 5.41) is 12.7. The largest absolute Gasteiger partial charge is 0.483 e. The fourth-order valence-corrected chi connectivity index (χ4v) is 3.66. The topological polar surface area (TPSA) is 106 Å². The number of ether oxygens (including phenoxy) is 1. The molecule has 1 aromatic carbocycles. The molecule has 0 saturated heterocycles. The van der Waals surface area contributed by atoms with Gasteiger partial charge >= 0.3 is 11.6 Å². The van der Waals surface area contributed by atoms with Crippen LogP contribution in [-0.2, 0) is 22.4 Å². The molecule has 2 aromatic rings. The third-order valence-corrected chi connectivity index (χ3v) is 5.49. The van der Waals surface area contributed by atoms with Crippen molar-refractivity contribution in [3.63, 3.8) is 0 Å². The van der Waals surface area contributed by atoms with Crippen LogP contribution < -0.4 is 15.7 Å². The molecule has 0 fully saturated rings. The first-order valence-electron chi connectivity index (χ1n) is 9.56. The molecule has 0 saturated carbocycles. The maximum atomic E-state index is 12.2. The van der Waals surface area contributed by atoms with Gasteiger partial charge in [0.25, 0.3) is 5.91 Å². The second-order valence-corrected chi connectivity index (χ2v) is 7.32. The number of carbonyl (C=O) groups is 2. The minimum atomic E-state index is -1.07. The fraction of sp³-hybridized carbons (Fsp3) is 0.476. The molecule has 28 heavy (non-hydrogen) atoms. The Hall–Kier alpha value is -2.83.